The van der Waals surface area contributed by atoms with E-state index in [1.54, 1.807) is 20.0 Å². The summed E-state index contributed by atoms with van der Waals surface area (Å²) < 4.78 is 0. The van der Waals surface area contributed by atoms with Crippen LogP contribution in [0.1, 0.15) is 28.4 Å². The first-order chi connectivity index (χ1) is 8.34. The topological polar surface area (TPSA) is 57.6 Å². The van der Waals surface area contributed by atoms with Crippen LogP contribution in [0.15, 0.2) is 18.2 Å². The SMILES string of the molecule is Cc1cccc(C(=O)N(C)CC(C)C(=O)O)c1C. The van der Waals surface area contributed by atoms with E-state index in [-0.39, 0.29) is 12.5 Å². The molecule has 0 spiro atoms. The second-order valence-corrected chi connectivity index (χ2v) is 4.67. The standard InChI is InChI=1S/C14H19NO3/c1-9-6-5-7-12(11(9)3)13(16)15(4)8-10(2)14(17)18/h5-7,10H,8H2,1-4H3,(H,17,18). The Balaban J connectivity index is 2.87. The van der Waals surface area contributed by atoms with Crippen molar-refractivity contribution in [3.05, 3.63) is 34.9 Å². The van der Waals surface area contributed by atoms with Crippen LogP contribution in [0.5, 0.6) is 0 Å². The Morgan fingerprint density at radius 1 is 1.33 bits per heavy atom. The maximum atomic E-state index is 12.2. The van der Waals surface area contributed by atoms with E-state index in [1.165, 1.54) is 4.90 Å². The number of benzene rings is 1. The number of carboxylic acid groups (broad SMARTS) is 1. The van der Waals surface area contributed by atoms with Crippen LogP contribution in [-0.2, 0) is 4.79 Å². The van der Waals surface area contributed by atoms with Gasteiger partial charge in [0, 0.05) is 19.2 Å². The zero-order chi connectivity index (χ0) is 13.9. The maximum absolute atomic E-state index is 12.2. The molecule has 0 aliphatic heterocycles. The molecule has 0 bridgehead atoms. The lowest BCUT2D eigenvalue weighted by Gasteiger charge is -2.20. The van der Waals surface area contributed by atoms with Gasteiger partial charge in [-0.25, -0.2) is 0 Å². The van der Waals surface area contributed by atoms with Gasteiger partial charge in [0.15, 0.2) is 0 Å². The monoisotopic (exact) mass is 249 g/mol. The molecule has 0 radical (unpaired) electrons. The lowest BCUT2D eigenvalue weighted by Crippen LogP contribution is -2.34. The average Bonchev–Trinajstić information content (AvgIpc) is 2.31. The Bertz CT molecular complexity index is 468. The van der Waals surface area contributed by atoms with E-state index in [2.05, 4.69) is 0 Å². The van der Waals surface area contributed by atoms with Crippen LogP contribution in [0.4, 0.5) is 0 Å². The van der Waals surface area contributed by atoms with Crippen molar-refractivity contribution in [2.45, 2.75) is 20.8 Å². The molecule has 0 saturated heterocycles. The fourth-order valence-corrected chi connectivity index (χ4v) is 1.76. The minimum atomic E-state index is -0.893. The number of hydrogen-bond donors (Lipinski definition) is 1. The molecule has 0 heterocycles. The minimum Gasteiger partial charge on any atom is -0.481 e. The number of aliphatic carboxylic acids is 1. The van der Waals surface area contributed by atoms with Crippen molar-refractivity contribution in [3.63, 3.8) is 0 Å². The number of rotatable bonds is 4. The lowest BCUT2D eigenvalue weighted by molar-refractivity contribution is -0.141. The number of carbonyl (C=O) groups excluding carboxylic acids is 1. The summed E-state index contributed by atoms with van der Waals surface area (Å²) in [6.45, 7) is 5.65. The summed E-state index contributed by atoms with van der Waals surface area (Å²) in [4.78, 5) is 24.4. The normalized spacial score (nSPS) is 12.0. The van der Waals surface area contributed by atoms with Gasteiger partial charge in [-0.2, -0.15) is 0 Å². The molecule has 0 fully saturated rings. The lowest BCUT2D eigenvalue weighted by atomic mass is 10.0. The van der Waals surface area contributed by atoms with Crippen molar-refractivity contribution in [2.24, 2.45) is 5.92 Å². The van der Waals surface area contributed by atoms with E-state index in [9.17, 15) is 9.59 Å². The van der Waals surface area contributed by atoms with Crippen molar-refractivity contribution < 1.29 is 14.7 Å². The molecule has 0 aliphatic rings. The molecular weight excluding hydrogens is 230 g/mol. The summed E-state index contributed by atoms with van der Waals surface area (Å²) in [7, 11) is 1.63. The molecule has 98 valence electrons. The highest BCUT2D eigenvalue weighted by Gasteiger charge is 2.19. The van der Waals surface area contributed by atoms with Crippen LogP contribution in [0.3, 0.4) is 0 Å². The molecule has 0 saturated carbocycles. The smallest absolute Gasteiger partial charge is 0.308 e. The maximum Gasteiger partial charge on any atom is 0.308 e. The molecule has 1 amide bonds. The third kappa shape index (κ3) is 3.09. The second kappa shape index (κ2) is 5.67. The largest absolute Gasteiger partial charge is 0.481 e. The van der Waals surface area contributed by atoms with E-state index in [0.29, 0.717) is 5.56 Å². The van der Waals surface area contributed by atoms with Gasteiger partial charge in [0.2, 0.25) is 0 Å². The molecule has 1 atom stereocenters. The van der Waals surface area contributed by atoms with Crippen LogP contribution >= 0.6 is 0 Å². The molecule has 1 unspecified atom stereocenters. The van der Waals surface area contributed by atoms with Crippen LogP contribution in [0, 0.1) is 19.8 Å². The number of carbonyl (C=O) groups is 2. The van der Waals surface area contributed by atoms with Crippen LogP contribution < -0.4 is 0 Å². The zero-order valence-corrected chi connectivity index (χ0v) is 11.2. The molecule has 4 heteroatoms. The van der Waals surface area contributed by atoms with Gasteiger partial charge in [-0.15, -0.1) is 0 Å². The van der Waals surface area contributed by atoms with Crippen molar-refractivity contribution in [3.8, 4) is 0 Å². The van der Waals surface area contributed by atoms with E-state index >= 15 is 0 Å². The molecule has 1 rings (SSSR count). The predicted octanol–water partition coefficient (Wildman–Crippen LogP) is 2.10. The highest BCUT2D eigenvalue weighted by atomic mass is 16.4. The summed E-state index contributed by atoms with van der Waals surface area (Å²) >= 11 is 0. The molecule has 0 aliphatic carbocycles. The van der Waals surface area contributed by atoms with Gasteiger partial charge in [0.25, 0.3) is 5.91 Å². The number of nitrogens with zero attached hydrogens (tertiary/aromatic N) is 1. The van der Waals surface area contributed by atoms with Crippen LogP contribution in [0.25, 0.3) is 0 Å². The second-order valence-electron chi connectivity index (χ2n) is 4.67. The predicted molar refractivity (Wildman–Crippen MR) is 69.7 cm³/mol. The van der Waals surface area contributed by atoms with Gasteiger partial charge in [-0.3, -0.25) is 9.59 Å². The molecule has 1 aromatic rings. The molecule has 18 heavy (non-hydrogen) atoms. The van der Waals surface area contributed by atoms with E-state index in [0.717, 1.165) is 11.1 Å². The zero-order valence-electron chi connectivity index (χ0n) is 11.2. The fraction of sp³-hybridized carbons (Fsp3) is 0.429. The third-order valence-corrected chi connectivity index (χ3v) is 3.15. The summed E-state index contributed by atoms with van der Waals surface area (Å²) in [6.07, 6.45) is 0. The highest BCUT2D eigenvalue weighted by Crippen LogP contribution is 2.15. The minimum absolute atomic E-state index is 0.135. The van der Waals surface area contributed by atoms with Crippen molar-refractivity contribution in [1.82, 2.24) is 4.90 Å². The molecule has 1 N–H and O–H groups in total. The quantitative estimate of drug-likeness (QED) is 0.889. The molecular formula is C14H19NO3. The van der Waals surface area contributed by atoms with Gasteiger partial charge >= 0.3 is 5.97 Å². The first kappa shape index (κ1) is 14.2. The van der Waals surface area contributed by atoms with Gasteiger partial charge in [0.1, 0.15) is 0 Å². The fourth-order valence-electron chi connectivity index (χ4n) is 1.76. The van der Waals surface area contributed by atoms with E-state index in [4.69, 9.17) is 5.11 Å². The number of aryl methyl sites for hydroxylation is 1. The molecule has 1 aromatic carbocycles. The number of hydrogen-bond acceptors (Lipinski definition) is 2. The van der Waals surface area contributed by atoms with E-state index in [1.807, 2.05) is 26.0 Å². The summed E-state index contributed by atoms with van der Waals surface area (Å²) in [5.74, 6) is -1.59. The number of carboxylic acids is 1. The van der Waals surface area contributed by atoms with Gasteiger partial charge in [-0.1, -0.05) is 19.1 Å². The van der Waals surface area contributed by atoms with E-state index < -0.39 is 11.9 Å². The summed E-state index contributed by atoms with van der Waals surface area (Å²) in [5.41, 5.74) is 2.63. The average molecular weight is 249 g/mol. The summed E-state index contributed by atoms with van der Waals surface area (Å²) in [6, 6.07) is 5.56. The van der Waals surface area contributed by atoms with Gasteiger partial charge in [-0.05, 0) is 31.0 Å². The highest BCUT2D eigenvalue weighted by molar-refractivity contribution is 5.96. The Labute approximate surface area is 107 Å². The first-order valence-electron chi connectivity index (χ1n) is 5.89. The molecule has 0 aromatic heterocycles. The molecule has 4 nitrogen and oxygen atoms in total. The van der Waals surface area contributed by atoms with Crippen molar-refractivity contribution >= 4 is 11.9 Å². The first-order valence-corrected chi connectivity index (χ1v) is 5.89. The third-order valence-electron chi connectivity index (χ3n) is 3.15. The Morgan fingerprint density at radius 2 is 1.94 bits per heavy atom. The number of amides is 1. The summed E-state index contributed by atoms with van der Waals surface area (Å²) in [5, 5.41) is 8.84. The van der Waals surface area contributed by atoms with Gasteiger partial charge < -0.3 is 10.0 Å². The van der Waals surface area contributed by atoms with Crippen LogP contribution in [0.2, 0.25) is 0 Å². The Morgan fingerprint density at radius 3 is 2.50 bits per heavy atom. The van der Waals surface area contributed by atoms with Crippen molar-refractivity contribution in [1.29, 1.82) is 0 Å². The Kier molecular flexibility index (Phi) is 4.48. The van der Waals surface area contributed by atoms with Crippen LogP contribution in [-0.4, -0.2) is 35.5 Å². The van der Waals surface area contributed by atoms with Gasteiger partial charge in [0.05, 0.1) is 5.92 Å². The Hall–Kier alpha value is -1.84. The van der Waals surface area contributed by atoms with Crippen molar-refractivity contribution in [2.75, 3.05) is 13.6 Å².